The first kappa shape index (κ1) is 24.0. The van der Waals surface area contributed by atoms with Gasteiger partial charge in [-0.05, 0) is 59.9 Å². The summed E-state index contributed by atoms with van der Waals surface area (Å²) in [6.45, 7) is 4.01. The Labute approximate surface area is 212 Å². The fourth-order valence-electron chi connectivity index (χ4n) is 4.69. The number of hydrogen-bond acceptors (Lipinski definition) is 2. The maximum atomic E-state index is 13.2. The Morgan fingerprint density at radius 3 is 2.17 bits per heavy atom. The number of halogens is 4. The Morgan fingerprint density at radius 1 is 0.778 bits per heavy atom. The second kappa shape index (κ2) is 9.40. The van der Waals surface area contributed by atoms with E-state index in [1.165, 1.54) is 12.3 Å². The Kier molecular flexibility index (Phi) is 6.27. The Balaban J connectivity index is 1.70. The van der Waals surface area contributed by atoms with Gasteiger partial charge in [-0.1, -0.05) is 83.9 Å². The van der Waals surface area contributed by atoms with E-state index in [-0.39, 0.29) is 5.92 Å². The zero-order chi connectivity index (χ0) is 25.4. The maximum Gasteiger partial charge on any atom is 0.433 e. The molecule has 3 aromatic carbocycles. The van der Waals surface area contributed by atoms with Crippen LogP contribution >= 0.6 is 11.6 Å². The van der Waals surface area contributed by atoms with Crippen molar-refractivity contribution in [2.24, 2.45) is 0 Å². The van der Waals surface area contributed by atoms with E-state index in [1.54, 1.807) is 0 Å². The van der Waals surface area contributed by atoms with Gasteiger partial charge in [-0.25, -0.2) is 4.98 Å². The van der Waals surface area contributed by atoms with Crippen LogP contribution in [0.25, 0.3) is 22.0 Å². The smallest absolute Gasteiger partial charge is 0.251 e. The standard InChI is InChI=1S/C30H22ClF3N2/c1-18-7-6-10-21(15-18)28(23-12-14-26(35-17-23)30(32,33)34)22-11-13-25-24(16-22)19(2)27(29(31)36-25)20-8-4-3-5-9-20/h3-17,28H,1-2H3. The van der Waals surface area contributed by atoms with Crippen molar-refractivity contribution in [2.45, 2.75) is 25.9 Å². The summed E-state index contributed by atoms with van der Waals surface area (Å²) in [5.74, 6) is -0.306. The van der Waals surface area contributed by atoms with E-state index in [4.69, 9.17) is 11.6 Å². The van der Waals surface area contributed by atoms with Gasteiger partial charge in [-0.15, -0.1) is 0 Å². The van der Waals surface area contributed by atoms with Crippen LogP contribution in [0.5, 0.6) is 0 Å². The molecule has 0 spiro atoms. The highest BCUT2D eigenvalue weighted by molar-refractivity contribution is 6.33. The number of pyridine rings is 2. The molecule has 1 atom stereocenters. The number of fused-ring (bicyclic) bond motifs is 1. The molecule has 36 heavy (non-hydrogen) atoms. The summed E-state index contributed by atoms with van der Waals surface area (Å²) < 4.78 is 39.5. The predicted molar refractivity (Wildman–Crippen MR) is 138 cm³/mol. The van der Waals surface area contributed by atoms with Crippen LogP contribution in [0.2, 0.25) is 5.15 Å². The van der Waals surface area contributed by atoms with Crippen molar-refractivity contribution in [2.75, 3.05) is 0 Å². The topological polar surface area (TPSA) is 25.8 Å². The lowest BCUT2D eigenvalue weighted by Crippen LogP contribution is -2.10. The van der Waals surface area contributed by atoms with Gasteiger partial charge in [0.1, 0.15) is 10.8 Å². The highest BCUT2D eigenvalue weighted by Crippen LogP contribution is 2.38. The number of alkyl halides is 3. The zero-order valence-electron chi connectivity index (χ0n) is 19.6. The molecule has 0 aliphatic heterocycles. The molecule has 1 unspecified atom stereocenters. The van der Waals surface area contributed by atoms with Gasteiger partial charge in [-0.2, -0.15) is 13.2 Å². The van der Waals surface area contributed by atoms with Crippen LogP contribution < -0.4 is 0 Å². The highest BCUT2D eigenvalue weighted by atomic mass is 35.5. The van der Waals surface area contributed by atoms with Crippen LogP contribution in [-0.2, 0) is 6.18 Å². The normalized spacial score (nSPS) is 12.6. The molecule has 5 rings (SSSR count). The SMILES string of the molecule is Cc1cccc(C(c2ccc(C(F)(F)F)nc2)c2ccc3nc(Cl)c(-c4ccccc4)c(C)c3c2)c1. The molecule has 6 heteroatoms. The Morgan fingerprint density at radius 2 is 1.50 bits per heavy atom. The van der Waals surface area contributed by atoms with E-state index < -0.39 is 11.9 Å². The van der Waals surface area contributed by atoms with Gasteiger partial charge < -0.3 is 0 Å². The van der Waals surface area contributed by atoms with Gasteiger partial charge >= 0.3 is 6.18 Å². The molecular weight excluding hydrogens is 481 g/mol. The van der Waals surface area contributed by atoms with Crippen LogP contribution in [0.15, 0.2) is 91.1 Å². The average Bonchev–Trinajstić information content (AvgIpc) is 2.85. The summed E-state index contributed by atoms with van der Waals surface area (Å²) in [4.78, 5) is 8.37. The number of benzene rings is 3. The van der Waals surface area contributed by atoms with E-state index in [0.29, 0.717) is 10.7 Å². The molecule has 0 aliphatic rings. The largest absolute Gasteiger partial charge is 0.433 e. The maximum absolute atomic E-state index is 13.2. The van der Waals surface area contributed by atoms with Gasteiger partial charge in [0, 0.05) is 23.1 Å². The van der Waals surface area contributed by atoms with Crippen molar-refractivity contribution in [1.29, 1.82) is 0 Å². The summed E-state index contributed by atoms with van der Waals surface area (Å²) >= 11 is 6.59. The summed E-state index contributed by atoms with van der Waals surface area (Å²) in [5.41, 5.74) is 6.33. The molecule has 0 radical (unpaired) electrons. The lowest BCUT2D eigenvalue weighted by molar-refractivity contribution is -0.141. The number of aromatic nitrogens is 2. The van der Waals surface area contributed by atoms with E-state index in [0.717, 1.165) is 50.4 Å². The fraction of sp³-hybridized carbons (Fsp3) is 0.133. The van der Waals surface area contributed by atoms with Crippen LogP contribution in [-0.4, -0.2) is 9.97 Å². The summed E-state index contributed by atoms with van der Waals surface area (Å²) in [5, 5.41) is 1.37. The lowest BCUT2D eigenvalue weighted by atomic mass is 9.84. The molecule has 0 aliphatic carbocycles. The summed E-state index contributed by atoms with van der Waals surface area (Å²) in [6, 6.07) is 26.3. The van der Waals surface area contributed by atoms with Crippen LogP contribution in [0.1, 0.15) is 39.4 Å². The molecule has 0 fully saturated rings. The molecule has 0 N–H and O–H groups in total. The monoisotopic (exact) mass is 502 g/mol. The molecule has 180 valence electrons. The quantitative estimate of drug-likeness (QED) is 0.229. The van der Waals surface area contributed by atoms with E-state index in [1.807, 2.05) is 74.5 Å². The first-order chi connectivity index (χ1) is 17.2. The van der Waals surface area contributed by atoms with Crippen molar-refractivity contribution in [3.8, 4) is 11.1 Å². The van der Waals surface area contributed by atoms with E-state index >= 15 is 0 Å². The third-order valence-corrected chi connectivity index (χ3v) is 6.68. The van der Waals surface area contributed by atoms with Crippen LogP contribution in [0.4, 0.5) is 13.2 Å². The van der Waals surface area contributed by atoms with Crippen molar-refractivity contribution in [3.05, 3.63) is 130 Å². The van der Waals surface area contributed by atoms with Crippen molar-refractivity contribution < 1.29 is 13.2 Å². The molecule has 2 nitrogen and oxygen atoms in total. The number of hydrogen-bond donors (Lipinski definition) is 0. The Bertz CT molecular complexity index is 1550. The summed E-state index contributed by atoms with van der Waals surface area (Å²) in [6.07, 6.45) is -3.17. The lowest BCUT2D eigenvalue weighted by Gasteiger charge is -2.21. The van der Waals surface area contributed by atoms with Gasteiger partial charge in [0.15, 0.2) is 0 Å². The third kappa shape index (κ3) is 4.59. The zero-order valence-corrected chi connectivity index (χ0v) is 20.4. The third-order valence-electron chi connectivity index (χ3n) is 6.41. The molecule has 0 saturated carbocycles. The van der Waals surface area contributed by atoms with E-state index in [2.05, 4.69) is 22.1 Å². The van der Waals surface area contributed by atoms with E-state index in [9.17, 15) is 13.2 Å². The average molecular weight is 503 g/mol. The highest BCUT2D eigenvalue weighted by Gasteiger charge is 2.32. The van der Waals surface area contributed by atoms with Gasteiger partial charge in [-0.3, -0.25) is 4.98 Å². The predicted octanol–water partition coefficient (Wildman–Crippen LogP) is 8.77. The molecule has 2 aromatic heterocycles. The Hall–Kier alpha value is -3.70. The van der Waals surface area contributed by atoms with Crippen LogP contribution in [0, 0.1) is 13.8 Å². The van der Waals surface area contributed by atoms with Gasteiger partial charge in [0.05, 0.1) is 5.52 Å². The number of nitrogens with zero attached hydrogens (tertiary/aromatic N) is 2. The molecule has 2 heterocycles. The van der Waals surface area contributed by atoms with Crippen LogP contribution in [0.3, 0.4) is 0 Å². The molecular formula is C30H22ClF3N2. The second-order valence-corrected chi connectivity index (χ2v) is 9.22. The molecule has 5 aromatic rings. The van der Waals surface area contributed by atoms with Gasteiger partial charge in [0.2, 0.25) is 0 Å². The minimum Gasteiger partial charge on any atom is -0.251 e. The molecule has 0 bridgehead atoms. The summed E-state index contributed by atoms with van der Waals surface area (Å²) in [7, 11) is 0. The molecule has 0 saturated heterocycles. The first-order valence-corrected chi connectivity index (χ1v) is 11.8. The molecule has 0 amide bonds. The van der Waals surface area contributed by atoms with Crippen molar-refractivity contribution >= 4 is 22.5 Å². The fourth-order valence-corrected chi connectivity index (χ4v) is 5.04. The first-order valence-electron chi connectivity index (χ1n) is 11.5. The second-order valence-electron chi connectivity index (χ2n) is 8.87. The van der Waals surface area contributed by atoms with Crippen molar-refractivity contribution in [1.82, 2.24) is 9.97 Å². The minimum absolute atomic E-state index is 0.306. The van der Waals surface area contributed by atoms with Gasteiger partial charge in [0.25, 0.3) is 0 Å². The number of rotatable bonds is 4. The minimum atomic E-state index is -4.49. The number of aryl methyl sites for hydroxylation is 2. The van der Waals surface area contributed by atoms with Crippen molar-refractivity contribution in [3.63, 3.8) is 0 Å².